The molecule has 2 atom stereocenters. The van der Waals surface area contributed by atoms with Gasteiger partial charge in [-0.05, 0) is 70.8 Å². The average Bonchev–Trinajstić information content (AvgIpc) is 3.48. The van der Waals surface area contributed by atoms with Crippen LogP contribution in [0.25, 0.3) is 11.1 Å². The molecule has 0 saturated carbocycles. The van der Waals surface area contributed by atoms with E-state index in [4.69, 9.17) is 4.74 Å². The van der Waals surface area contributed by atoms with E-state index in [-0.39, 0.29) is 30.3 Å². The minimum absolute atomic E-state index is 0.207. The number of rotatable bonds is 4. The Morgan fingerprint density at radius 3 is 2.66 bits per heavy atom. The van der Waals surface area contributed by atoms with Crippen LogP contribution in [-0.4, -0.2) is 48.4 Å². The van der Waals surface area contributed by atoms with Crippen LogP contribution in [-0.2, 0) is 4.79 Å². The van der Waals surface area contributed by atoms with Gasteiger partial charge in [0.25, 0.3) is 11.8 Å². The Labute approximate surface area is 189 Å². The topological polar surface area (TPSA) is 87.7 Å². The molecular formula is C24H21N3O4S. The first-order valence-corrected chi connectivity index (χ1v) is 11.2. The third-order valence-electron chi connectivity index (χ3n) is 5.91. The summed E-state index contributed by atoms with van der Waals surface area (Å²) in [5.74, 6) is -0.0231. The third kappa shape index (κ3) is 3.62. The van der Waals surface area contributed by atoms with Crippen molar-refractivity contribution in [3.63, 3.8) is 0 Å². The lowest BCUT2D eigenvalue weighted by molar-refractivity contribution is -0.119. The monoisotopic (exact) mass is 447 g/mol. The van der Waals surface area contributed by atoms with E-state index in [0.29, 0.717) is 29.0 Å². The molecule has 162 valence electrons. The Bertz CT molecular complexity index is 1190. The fourth-order valence-electron chi connectivity index (χ4n) is 4.23. The zero-order chi connectivity index (χ0) is 22.2. The second-order valence-corrected chi connectivity index (χ2v) is 8.65. The highest BCUT2D eigenvalue weighted by Gasteiger charge is 2.43. The van der Waals surface area contributed by atoms with E-state index in [1.165, 1.54) is 0 Å². The summed E-state index contributed by atoms with van der Waals surface area (Å²) < 4.78 is 5.12. The lowest BCUT2D eigenvalue weighted by Gasteiger charge is -2.20. The van der Waals surface area contributed by atoms with E-state index in [1.54, 1.807) is 53.7 Å². The molecule has 0 spiro atoms. The van der Waals surface area contributed by atoms with Crippen LogP contribution in [0.5, 0.6) is 5.75 Å². The number of nitrogens with zero attached hydrogens (tertiary/aromatic N) is 1. The first-order chi connectivity index (χ1) is 15.5. The molecule has 0 radical (unpaired) electrons. The van der Waals surface area contributed by atoms with Crippen LogP contribution < -0.4 is 15.4 Å². The van der Waals surface area contributed by atoms with Crippen LogP contribution in [0.4, 0.5) is 5.69 Å². The number of hydrogen-bond donors (Lipinski definition) is 2. The normalized spacial score (nSPS) is 19.6. The van der Waals surface area contributed by atoms with E-state index in [9.17, 15) is 14.4 Å². The number of ether oxygens (including phenoxy) is 1. The molecule has 0 bridgehead atoms. The molecule has 0 unspecified atom stereocenters. The number of fused-ring (bicyclic) bond motifs is 2. The summed E-state index contributed by atoms with van der Waals surface area (Å²) >= 11 is 1.59. The van der Waals surface area contributed by atoms with Gasteiger partial charge in [0.15, 0.2) is 0 Å². The highest BCUT2D eigenvalue weighted by atomic mass is 32.1. The summed E-state index contributed by atoms with van der Waals surface area (Å²) in [7, 11) is 1.57. The van der Waals surface area contributed by atoms with Crippen LogP contribution in [0.15, 0.2) is 59.3 Å². The minimum atomic E-state index is -0.624. The summed E-state index contributed by atoms with van der Waals surface area (Å²) in [6, 6.07) is 13.4. The van der Waals surface area contributed by atoms with Gasteiger partial charge in [0.05, 0.1) is 18.4 Å². The Balaban J connectivity index is 1.36. The van der Waals surface area contributed by atoms with Crippen molar-refractivity contribution in [2.24, 2.45) is 0 Å². The number of benzene rings is 2. The van der Waals surface area contributed by atoms with Crippen LogP contribution in [0.3, 0.4) is 0 Å². The van der Waals surface area contributed by atoms with Gasteiger partial charge in [-0.15, -0.1) is 0 Å². The Morgan fingerprint density at radius 2 is 1.94 bits per heavy atom. The Morgan fingerprint density at radius 1 is 1.12 bits per heavy atom. The smallest absolute Gasteiger partial charge is 0.256 e. The zero-order valence-corrected chi connectivity index (χ0v) is 18.1. The lowest BCUT2D eigenvalue weighted by atomic mass is 10.0. The molecule has 3 aromatic rings. The van der Waals surface area contributed by atoms with Gasteiger partial charge >= 0.3 is 0 Å². The van der Waals surface area contributed by atoms with Crippen molar-refractivity contribution in [3.8, 4) is 16.9 Å². The van der Waals surface area contributed by atoms with Crippen molar-refractivity contribution in [1.82, 2.24) is 10.2 Å². The molecule has 1 fully saturated rings. The van der Waals surface area contributed by atoms with Crippen molar-refractivity contribution >= 4 is 34.7 Å². The number of methoxy groups -OCH3 is 1. The van der Waals surface area contributed by atoms with Crippen molar-refractivity contribution in [2.75, 3.05) is 19.0 Å². The van der Waals surface area contributed by atoms with E-state index >= 15 is 0 Å². The number of carbonyl (C=O) groups is 3. The summed E-state index contributed by atoms with van der Waals surface area (Å²) in [6.07, 6.45) is 0.366. The molecule has 7 nitrogen and oxygen atoms in total. The van der Waals surface area contributed by atoms with Gasteiger partial charge in [-0.1, -0.05) is 6.07 Å². The third-order valence-corrected chi connectivity index (χ3v) is 6.60. The van der Waals surface area contributed by atoms with E-state index in [2.05, 4.69) is 10.6 Å². The summed E-state index contributed by atoms with van der Waals surface area (Å²) in [5, 5.41) is 9.85. The van der Waals surface area contributed by atoms with Crippen LogP contribution >= 0.6 is 11.3 Å². The largest absolute Gasteiger partial charge is 0.497 e. The van der Waals surface area contributed by atoms with Crippen molar-refractivity contribution in [3.05, 3.63) is 70.4 Å². The molecule has 3 heterocycles. The highest BCUT2D eigenvalue weighted by Crippen LogP contribution is 2.32. The number of nitrogens with one attached hydrogen (secondary N) is 2. The molecule has 8 heteroatoms. The molecule has 5 rings (SSSR count). The number of thiophene rings is 1. The summed E-state index contributed by atoms with van der Waals surface area (Å²) in [5.41, 5.74) is 3.44. The maximum atomic E-state index is 13.4. The molecule has 3 amide bonds. The van der Waals surface area contributed by atoms with Crippen LogP contribution in [0.2, 0.25) is 0 Å². The SMILES string of the molecule is COc1ccc(C(=O)N[C@H]2C[C@H]3C(=O)Nc4ccc(-c5ccsc5)cc4C(=O)N3C2)cc1. The number of anilines is 1. The van der Waals surface area contributed by atoms with Gasteiger partial charge in [-0.2, -0.15) is 11.3 Å². The van der Waals surface area contributed by atoms with E-state index < -0.39 is 6.04 Å². The predicted octanol–water partition coefficient (Wildman–Crippen LogP) is 3.39. The van der Waals surface area contributed by atoms with Gasteiger partial charge in [0.1, 0.15) is 11.8 Å². The summed E-state index contributed by atoms with van der Waals surface area (Å²) in [4.78, 5) is 40.5. The maximum Gasteiger partial charge on any atom is 0.256 e. The Kier molecular flexibility index (Phi) is 5.14. The molecule has 2 aromatic carbocycles. The number of hydrogen-bond acceptors (Lipinski definition) is 5. The van der Waals surface area contributed by atoms with Gasteiger partial charge in [-0.25, -0.2) is 0 Å². The fraction of sp³-hybridized carbons (Fsp3) is 0.208. The van der Waals surface area contributed by atoms with Crippen molar-refractivity contribution < 1.29 is 19.1 Å². The van der Waals surface area contributed by atoms with Gasteiger partial charge in [-0.3, -0.25) is 14.4 Å². The second kappa shape index (κ2) is 8.12. The molecule has 1 saturated heterocycles. The molecule has 0 aliphatic carbocycles. The fourth-order valence-corrected chi connectivity index (χ4v) is 4.90. The molecular weight excluding hydrogens is 426 g/mol. The molecule has 2 aliphatic rings. The number of carbonyl (C=O) groups excluding carboxylic acids is 3. The summed E-state index contributed by atoms with van der Waals surface area (Å²) in [6.45, 7) is 0.279. The minimum Gasteiger partial charge on any atom is -0.497 e. The Hall–Kier alpha value is -3.65. The highest BCUT2D eigenvalue weighted by molar-refractivity contribution is 7.08. The van der Waals surface area contributed by atoms with Crippen molar-refractivity contribution in [1.29, 1.82) is 0 Å². The quantitative estimate of drug-likeness (QED) is 0.642. The second-order valence-electron chi connectivity index (χ2n) is 7.87. The van der Waals surface area contributed by atoms with E-state index in [1.807, 2.05) is 29.0 Å². The van der Waals surface area contributed by atoms with E-state index in [0.717, 1.165) is 11.1 Å². The van der Waals surface area contributed by atoms with Gasteiger partial charge in [0.2, 0.25) is 5.91 Å². The zero-order valence-electron chi connectivity index (χ0n) is 17.3. The van der Waals surface area contributed by atoms with Crippen LogP contribution in [0, 0.1) is 0 Å². The molecule has 2 N–H and O–H groups in total. The van der Waals surface area contributed by atoms with Gasteiger partial charge in [0, 0.05) is 18.2 Å². The number of amides is 3. The first-order valence-electron chi connectivity index (χ1n) is 10.3. The van der Waals surface area contributed by atoms with Crippen molar-refractivity contribution in [2.45, 2.75) is 18.5 Å². The predicted molar refractivity (Wildman–Crippen MR) is 122 cm³/mol. The molecule has 1 aromatic heterocycles. The first kappa shape index (κ1) is 20.3. The van der Waals surface area contributed by atoms with Gasteiger partial charge < -0.3 is 20.3 Å². The average molecular weight is 448 g/mol. The maximum absolute atomic E-state index is 13.4. The lowest BCUT2D eigenvalue weighted by Crippen LogP contribution is -2.41. The standard InChI is InChI=1S/C24H21N3O4S/c1-31-18-5-2-14(3-6-18)22(28)25-17-11-21-23(29)26-20-7-4-15(16-8-9-32-13-16)10-19(20)24(30)27(21)12-17/h2-10,13,17,21H,11-12H2,1H3,(H,25,28)(H,26,29)/t17-,21-/m0/s1. The molecule has 32 heavy (non-hydrogen) atoms. The molecule has 2 aliphatic heterocycles. The van der Waals surface area contributed by atoms with Crippen LogP contribution in [0.1, 0.15) is 27.1 Å².